The quantitative estimate of drug-likeness (QED) is 0.183. The zero-order valence-corrected chi connectivity index (χ0v) is 24.4. The van der Waals surface area contributed by atoms with E-state index in [0.717, 1.165) is 77.0 Å². The first-order valence-electron chi connectivity index (χ1n) is 15.3. The molecule has 0 aliphatic heterocycles. The molecule has 0 aromatic heterocycles. The van der Waals surface area contributed by atoms with Crippen molar-refractivity contribution in [3.05, 3.63) is 0 Å². The molecule has 0 heterocycles. The fourth-order valence-electron chi connectivity index (χ4n) is 7.24. The van der Waals surface area contributed by atoms with E-state index in [0.29, 0.717) is 41.8 Å². The summed E-state index contributed by atoms with van der Waals surface area (Å²) < 4.78 is 5.84. The molecule has 8 nitrogen and oxygen atoms in total. The van der Waals surface area contributed by atoms with Crippen LogP contribution < -0.4 is 0 Å². The summed E-state index contributed by atoms with van der Waals surface area (Å²) in [5.41, 5.74) is 0. The molecule has 0 amide bonds. The first kappa shape index (κ1) is 30.6. The lowest BCUT2D eigenvalue weighted by Crippen LogP contribution is -2.38. The molecule has 4 rings (SSSR count). The van der Waals surface area contributed by atoms with Gasteiger partial charge in [0.2, 0.25) is 0 Å². The molecule has 4 aliphatic rings. The van der Waals surface area contributed by atoms with Crippen molar-refractivity contribution in [1.29, 1.82) is 0 Å². The van der Waals surface area contributed by atoms with Crippen LogP contribution in [0.15, 0.2) is 0 Å². The van der Waals surface area contributed by atoms with E-state index >= 15 is 0 Å². The molecule has 0 spiro atoms. The van der Waals surface area contributed by atoms with Crippen molar-refractivity contribution in [2.45, 2.75) is 126 Å². The van der Waals surface area contributed by atoms with Gasteiger partial charge in [-0.3, -0.25) is 14.4 Å². The molecule has 6 unspecified atom stereocenters. The predicted molar refractivity (Wildman–Crippen MR) is 148 cm³/mol. The molecule has 0 radical (unpaired) electrons. The van der Waals surface area contributed by atoms with Gasteiger partial charge >= 0.3 is 17.9 Å². The largest absolute Gasteiger partial charge is 0.481 e. The van der Waals surface area contributed by atoms with Crippen LogP contribution in [0.4, 0.5) is 0 Å². The standard InChI is InChI=1S/C30H48O8S/c1-18-3-13-25(28(31)32)20(15-18)17-36-38-22-7-11-24(12-8-22)39-23-9-5-21(6-10-23)37-30(35)27-16-19(2)4-14-26(27)29(33)34/h18-27H,3-17H2,1-2H3,(H,31,32)(H,33,34). The Bertz CT molecular complexity index is 820. The zero-order valence-electron chi connectivity index (χ0n) is 23.6. The third kappa shape index (κ3) is 8.83. The van der Waals surface area contributed by atoms with E-state index in [-0.39, 0.29) is 30.0 Å². The first-order chi connectivity index (χ1) is 18.7. The van der Waals surface area contributed by atoms with Gasteiger partial charge in [0.1, 0.15) is 6.10 Å². The fraction of sp³-hybridized carbons (Fsp3) is 0.900. The molecule has 0 bridgehead atoms. The number of carboxylic acid groups (broad SMARTS) is 2. The van der Waals surface area contributed by atoms with Crippen molar-refractivity contribution in [2.24, 2.45) is 35.5 Å². The van der Waals surface area contributed by atoms with Gasteiger partial charge in [-0.05, 0) is 108 Å². The molecule has 4 saturated carbocycles. The van der Waals surface area contributed by atoms with Crippen molar-refractivity contribution in [3.63, 3.8) is 0 Å². The van der Waals surface area contributed by atoms with Crippen molar-refractivity contribution in [2.75, 3.05) is 6.61 Å². The van der Waals surface area contributed by atoms with Crippen molar-refractivity contribution < 1.29 is 39.1 Å². The van der Waals surface area contributed by atoms with Crippen LogP contribution in [-0.4, -0.2) is 57.4 Å². The van der Waals surface area contributed by atoms with Crippen LogP contribution in [0.1, 0.15) is 104 Å². The van der Waals surface area contributed by atoms with Crippen molar-refractivity contribution >= 4 is 29.7 Å². The van der Waals surface area contributed by atoms with Gasteiger partial charge in [-0.15, -0.1) is 0 Å². The number of hydrogen-bond donors (Lipinski definition) is 2. The zero-order chi connectivity index (χ0) is 27.9. The molecule has 2 N–H and O–H groups in total. The van der Waals surface area contributed by atoms with E-state index in [1.165, 1.54) is 0 Å². The summed E-state index contributed by atoms with van der Waals surface area (Å²) in [6.45, 7) is 4.63. The summed E-state index contributed by atoms with van der Waals surface area (Å²) in [4.78, 5) is 47.4. The topological polar surface area (TPSA) is 119 Å². The van der Waals surface area contributed by atoms with Gasteiger partial charge in [-0.25, -0.2) is 9.78 Å². The van der Waals surface area contributed by atoms with Crippen LogP contribution in [0.3, 0.4) is 0 Å². The Morgan fingerprint density at radius 2 is 1.21 bits per heavy atom. The first-order valence-corrected chi connectivity index (χ1v) is 16.2. The number of ether oxygens (including phenoxy) is 1. The molecule has 222 valence electrons. The lowest BCUT2D eigenvalue weighted by Gasteiger charge is -2.35. The van der Waals surface area contributed by atoms with Crippen LogP contribution in [0.5, 0.6) is 0 Å². The molecule has 9 heteroatoms. The maximum atomic E-state index is 12.8. The normalized spacial score (nSPS) is 39.5. The van der Waals surface area contributed by atoms with Crippen molar-refractivity contribution in [3.8, 4) is 0 Å². The molecule has 0 saturated heterocycles. The molecular weight excluding hydrogens is 520 g/mol. The molecule has 4 fully saturated rings. The Morgan fingerprint density at radius 1 is 0.667 bits per heavy atom. The molecule has 39 heavy (non-hydrogen) atoms. The van der Waals surface area contributed by atoms with Gasteiger partial charge in [0.05, 0.1) is 30.5 Å². The van der Waals surface area contributed by atoms with Crippen molar-refractivity contribution in [1.82, 2.24) is 0 Å². The minimum absolute atomic E-state index is 0.0253. The van der Waals surface area contributed by atoms with Crippen LogP contribution in [0.25, 0.3) is 0 Å². The molecule has 0 aromatic carbocycles. The SMILES string of the molecule is CC1CCC(C(=O)O)C(COOC2CCC(SC3CCC(OC(=O)C4CC(C)CCC4C(=O)O)CC3)CC2)C1. The van der Waals surface area contributed by atoms with E-state index in [1.807, 2.05) is 0 Å². The van der Waals surface area contributed by atoms with E-state index in [9.17, 15) is 24.6 Å². The fourth-order valence-corrected chi connectivity index (χ4v) is 8.88. The Balaban J connectivity index is 1.10. The Labute approximate surface area is 237 Å². The smallest absolute Gasteiger partial charge is 0.310 e. The summed E-state index contributed by atoms with van der Waals surface area (Å²) in [5, 5.41) is 20.2. The lowest BCUT2D eigenvalue weighted by atomic mass is 9.74. The number of carbonyl (C=O) groups excluding carboxylic acids is 1. The molecule has 4 aliphatic carbocycles. The van der Waals surface area contributed by atoms with Crippen LogP contribution in [0.2, 0.25) is 0 Å². The van der Waals surface area contributed by atoms with Crippen LogP contribution in [0, 0.1) is 35.5 Å². The number of hydrogen-bond acceptors (Lipinski definition) is 7. The van der Waals surface area contributed by atoms with Gasteiger partial charge in [0, 0.05) is 10.5 Å². The lowest BCUT2D eigenvalue weighted by molar-refractivity contribution is -0.336. The van der Waals surface area contributed by atoms with E-state index < -0.39 is 23.8 Å². The minimum Gasteiger partial charge on any atom is -0.481 e. The second-order valence-corrected chi connectivity index (χ2v) is 14.4. The number of thioether (sulfide) groups is 1. The second-order valence-electron chi connectivity index (χ2n) is 12.8. The number of carbonyl (C=O) groups is 3. The molecule has 0 aromatic rings. The highest BCUT2D eigenvalue weighted by Gasteiger charge is 2.40. The van der Waals surface area contributed by atoms with E-state index in [2.05, 4.69) is 25.6 Å². The van der Waals surface area contributed by atoms with Gasteiger partial charge in [0.15, 0.2) is 0 Å². The molecule has 6 atom stereocenters. The van der Waals surface area contributed by atoms with Gasteiger partial charge in [-0.2, -0.15) is 11.8 Å². The third-order valence-electron chi connectivity index (χ3n) is 9.69. The average molecular weight is 569 g/mol. The average Bonchev–Trinajstić information content (AvgIpc) is 2.90. The maximum Gasteiger partial charge on any atom is 0.310 e. The Morgan fingerprint density at radius 3 is 1.79 bits per heavy atom. The monoisotopic (exact) mass is 568 g/mol. The van der Waals surface area contributed by atoms with Crippen LogP contribution >= 0.6 is 11.8 Å². The van der Waals surface area contributed by atoms with Gasteiger partial charge < -0.3 is 14.9 Å². The predicted octanol–water partition coefficient (Wildman–Crippen LogP) is 6.11. The van der Waals surface area contributed by atoms with E-state index in [4.69, 9.17) is 14.5 Å². The molecular formula is C30H48O8S. The second kappa shape index (κ2) is 14.5. The summed E-state index contributed by atoms with van der Waals surface area (Å²) in [6.07, 6.45) is 12.4. The highest BCUT2D eigenvalue weighted by atomic mass is 32.2. The van der Waals surface area contributed by atoms with Gasteiger partial charge in [-0.1, -0.05) is 13.8 Å². The minimum atomic E-state index is -0.874. The highest BCUT2D eigenvalue weighted by molar-refractivity contribution is 8.00. The highest BCUT2D eigenvalue weighted by Crippen LogP contribution is 2.40. The Hall–Kier alpha value is -1.32. The van der Waals surface area contributed by atoms with E-state index in [1.54, 1.807) is 0 Å². The third-order valence-corrected chi connectivity index (χ3v) is 11.4. The number of rotatable bonds is 10. The summed E-state index contributed by atoms with van der Waals surface area (Å²) in [6, 6.07) is 0. The Kier molecular flexibility index (Phi) is 11.4. The van der Waals surface area contributed by atoms with Crippen LogP contribution in [-0.2, 0) is 28.9 Å². The number of aliphatic carboxylic acids is 2. The maximum absolute atomic E-state index is 12.8. The summed E-state index contributed by atoms with van der Waals surface area (Å²) >= 11 is 2.07. The number of esters is 1. The number of carboxylic acids is 2. The van der Waals surface area contributed by atoms with Gasteiger partial charge in [0.25, 0.3) is 0 Å². The summed E-state index contributed by atoms with van der Waals surface area (Å²) in [7, 11) is 0. The summed E-state index contributed by atoms with van der Waals surface area (Å²) in [5.74, 6) is -2.41.